The minimum Gasteiger partial charge on any atom is -0.459 e. The Bertz CT molecular complexity index is 1040. The van der Waals surface area contributed by atoms with Gasteiger partial charge in [-0.3, -0.25) is 9.35 Å². The van der Waals surface area contributed by atoms with E-state index < -0.39 is 26.6 Å². The van der Waals surface area contributed by atoms with E-state index in [0.29, 0.717) is 12.1 Å². The smallest absolute Gasteiger partial charge is 0.316 e. The van der Waals surface area contributed by atoms with Gasteiger partial charge in [-0.2, -0.15) is 8.42 Å². The van der Waals surface area contributed by atoms with Crippen LogP contribution in [-0.4, -0.2) is 24.6 Å². The molecule has 3 rings (SSSR count). The summed E-state index contributed by atoms with van der Waals surface area (Å²) in [5.41, 5.74) is 0.832. The van der Waals surface area contributed by atoms with E-state index in [1.54, 1.807) is 19.1 Å². The number of aryl methyl sites for hydroxylation is 1. The van der Waals surface area contributed by atoms with Crippen LogP contribution in [0.2, 0.25) is 0 Å². The molecular weight excluding hydrogens is 387 g/mol. The summed E-state index contributed by atoms with van der Waals surface area (Å²) in [7, 11) is -4.97. The SMILES string of the molecule is CCC(=N)C(Oc1ccc2c(c1)CCC(=O)N2)(c1ccc(F)cc1)S(=O)(=O)O. The van der Waals surface area contributed by atoms with Crippen molar-refractivity contribution in [3.05, 3.63) is 59.4 Å². The van der Waals surface area contributed by atoms with E-state index in [-0.39, 0.29) is 30.1 Å². The highest BCUT2D eigenvalue weighted by atomic mass is 32.2. The van der Waals surface area contributed by atoms with E-state index in [1.165, 1.54) is 6.07 Å². The van der Waals surface area contributed by atoms with E-state index in [0.717, 1.165) is 29.8 Å². The van der Waals surface area contributed by atoms with Crippen molar-refractivity contribution < 1.29 is 26.9 Å². The lowest BCUT2D eigenvalue weighted by atomic mass is 10.0. The molecule has 0 saturated carbocycles. The lowest BCUT2D eigenvalue weighted by Gasteiger charge is -2.32. The second-order valence-electron chi connectivity index (χ2n) is 6.40. The van der Waals surface area contributed by atoms with Crippen molar-refractivity contribution >= 4 is 27.4 Å². The molecule has 7 nitrogen and oxygen atoms in total. The van der Waals surface area contributed by atoms with Crippen LogP contribution < -0.4 is 10.1 Å². The fourth-order valence-corrected chi connectivity index (χ4v) is 4.23. The first-order chi connectivity index (χ1) is 13.2. The van der Waals surface area contributed by atoms with Crippen molar-refractivity contribution in [1.29, 1.82) is 5.41 Å². The highest BCUT2D eigenvalue weighted by molar-refractivity contribution is 7.87. The van der Waals surface area contributed by atoms with Gasteiger partial charge in [0.05, 0.1) is 5.71 Å². The fraction of sp³-hybridized carbons (Fsp3) is 0.263. The predicted molar refractivity (Wildman–Crippen MR) is 102 cm³/mol. The van der Waals surface area contributed by atoms with Crippen LogP contribution >= 0.6 is 0 Å². The van der Waals surface area contributed by atoms with E-state index in [1.807, 2.05) is 0 Å². The molecular formula is C19H19FN2O5S. The number of nitrogens with one attached hydrogen (secondary N) is 2. The molecule has 0 bridgehead atoms. The number of hydrogen-bond donors (Lipinski definition) is 3. The molecule has 0 fully saturated rings. The second-order valence-corrected chi connectivity index (χ2v) is 7.92. The van der Waals surface area contributed by atoms with Gasteiger partial charge in [-0.25, -0.2) is 4.39 Å². The van der Waals surface area contributed by atoms with E-state index in [4.69, 9.17) is 10.1 Å². The van der Waals surface area contributed by atoms with Gasteiger partial charge in [-0.1, -0.05) is 19.1 Å². The minimum absolute atomic E-state index is 0.0296. The first-order valence-corrected chi connectivity index (χ1v) is 10.0. The van der Waals surface area contributed by atoms with Gasteiger partial charge >= 0.3 is 10.1 Å². The summed E-state index contributed by atoms with van der Waals surface area (Å²) in [4.78, 5) is 8.99. The van der Waals surface area contributed by atoms with Crippen LogP contribution in [0, 0.1) is 11.2 Å². The number of amides is 1. The Balaban J connectivity index is 2.13. The maximum atomic E-state index is 13.4. The summed E-state index contributed by atoms with van der Waals surface area (Å²) >= 11 is 0. The number of carbonyl (C=O) groups excluding carboxylic acids is 1. The molecule has 3 N–H and O–H groups in total. The van der Waals surface area contributed by atoms with Crippen molar-refractivity contribution in [3.8, 4) is 5.75 Å². The Morgan fingerprint density at radius 2 is 1.93 bits per heavy atom. The standard InChI is InChI=1S/C19H19FN2O5S/c1-2-17(21)19(28(24,25)26,13-4-6-14(20)7-5-13)27-15-8-9-16-12(11-15)3-10-18(23)22-16/h4-9,11,21H,2-3,10H2,1H3,(H,22,23)(H,24,25,26). The number of ether oxygens (including phenoxy) is 1. The second kappa shape index (κ2) is 7.33. The Kier molecular flexibility index (Phi) is 5.22. The Hall–Kier alpha value is -2.78. The molecule has 0 spiro atoms. The summed E-state index contributed by atoms with van der Waals surface area (Å²) in [6, 6.07) is 8.94. The third kappa shape index (κ3) is 3.50. The molecule has 1 atom stereocenters. The number of halogens is 1. The van der Waals surface area contributed by atoms with Gasteiger partial charge in [0.25, 0.3) is 4.93 Å². The molecule has 0 aromatic heterocycles. The number of benzene rings is 2. The first kappa shape index (κ1) is 20.0. The maximum absolute atomic E-state index is 13.4. The molecule has 2 aromatic carbocycles. The van der Waals surface area contributed by atoms with Crippen LogP contribution in [0.25, 0.3) is 0 Å². The number of anilines is 1. The third-order valence-electron chi connectivity index (χ3n) is 4.57. The number of fused-ring (bicyclic) bond motifs is 1. The van der Waals surface area contributed by atoms with Crippen molar-refractivity contribution in [2.75, 3.05) is 5.32 Å². The molecule has 1 aliphatic rings. The fourth-order valence-electron chi connectivity index (χ4n) is 3.14. The Morgan fingerprint density at radius 1 is 1.25 bits per heavy atom. The van der Waals surface area contributed by atoms with Crippen molar-refractivity contribution in [3.63, 3.8) is 0 Å². The van der Waals surface area contributed by atoms with Crippen LogP contribution in [-0.2, 0) is 26.3 Å². The molecule has 148 valence electrons. The molecule has 1 aliphatic heterocycles. The van der Waals surface area contributed by atoms with Gasteiger partial charge in [0.1, 0.15) is 11.6 Å². The first-order valence-electron chi connectivity index (χ1n) is 8.60. The summed E-state index contributed by atoms with van der Waals surface area (Å²) in [5, 5.41) is 10.9. The Labute approximate surface area is 161 Å². The van der Waals surface area contributed by atoms with Crippen LogP contribution in [0.15, 0.2) is 42.5 Å². The highest BCUT2D eigenvalue weighted by Gasteiger charge is 2.51. The quantitative estimate of drug-likeness (QED) is 0.503. The average Bonchev–Trinajstić information content (AvgIpc) is 2.65. The van der Waals surface area contributed by atoms with Crippen LogP contribution in [0.3, 0.4) is 0 Å². The highest BCUT2D eigenvalue weighted by Crippen LogP contribution is 2.37. The summed E-state index contributed by atoms with van der Waals surface area (Å²) in [5.74, 6) is -0.622. The van der Waals surface area contributed by atoms with Crippen molar-refractivity contribution in [2.45, 2.75) is 31.1 Å². The van der Waals surface area contributed by atoms with Crippen LogP contribution in [0.1, 0.15) is 30.9 Å². The molecule has 0 radical (unpaired) electrons. The summed E-state index contributed by atoms with van der Waals surface area (Å²) < 4.78 is 54.0. The van der Waals surface area contributed by atoms with E-state index >= 15 is 0 Å². The van der Waals surface area contributed by atoms with Crippen molar-refractivity contribution in [1.82, 2.24) is 0 Å². The zero-order chi connectivity index (χ0) is 20.5. The van der Waals surface area contributed by atoms with Crippen LogP contribution in [0.4, 0.5) is 10.1 Å². The normalized spacial score (nSPS) is 15.9. The van der Waals surface area contributed by atoms with Gasteiger partial charge in [-0.15, -0.1) is 0 Å². The predicted octanol–water partition coefficient (Wildman–Crippen LogP) is 3.26. The van der Waals surface area contributed by atoms with Gasteiger partial charge in [-0.05, 0) is 48.7 Å². The maximum Gasteiger partial charge on any atom is 0.316 e. The number of rotatable bonds is 6. The van der Waals surface area contributed by atoms with Gasteiger partial charge in [0, 0.05) is 17.7 Å². The topological polar surface area (TPSA) is 117 Å². The number of hydrogen-bond acceptors (Lipinski definition) is 5. The lowest BCUT2D eigenvalue weighted by molar-refractivity contribution is -0.116. The van der Waals surface area contributed by atoms with Gasteiger partial charge < -0.3 is 15.5 Å². The van der Waals surface area contributed by atoms with Gasteiger partial charge in [0.2, 0.25) is 5.91 Å². The summed E-state index contributed by atoms with van der Waals surface area (Å²) in [6.45, 7) is 1.55. The third-order valence-corrected chi connectivity index (χ3v) is 5.86. The summed E-state index contributed by atoms with van der Waals surface area (Å²) in [6.07, 6.45) is 0.694. The average molecular weight is 406 g/mol. The molecule has 0 aliphatic carbocycles. The molecule has 1 unspecified atom stereocenters. The molecule has 0 saturated heterocycles. The minimum atomic E-state index is -4.97. The molecule has 9 heteroatoms. The zero-order valence-electron chi connectivity index (χ0n) is 15.0. The molecule has 2 aromatic rings. The Morgan fingerprint density at radius 3 is 2.54 bits per heavy atom. The zero-order valence-corrected chi connectivity index (χ0v) is 15.8. The lowest BCUT2D eigenvalue weighted by Crippen LogP contribution is -2.48. The largest absolute Gasteiger partial charge is 0.459 e. The van der Waals surface area contributed by atoms with Crippen LogP contribution in [0.5, 0.6) is 5.75 Å². The number of carbonyl (C=O) groups is 1. The van der Waals surface area contributed by atoms with E-state index in [9.17, 15) is 22.2 Å². The van der Waals surface area contributed by atoms with E-state index in [2.05, 4.69) is 5.32 Å². The molecule has 28 heavy (non-hydrogen) atoms. The molecule has 1 heterocycles. The van der Waals surface area contributed by atoms with Gasteiger partial charge in [0.15, 0.2) is 0 Å². The monoisotopic (exact) mass is 406 g/mol. The molecule has 1 amide bonds. The van der Waals surface area contributed by atoms with Crippen molar-refractivity contribution in [2.24, 2.45) is 0 Å².